The zero-order valence-electron chi connectivity index (χ0n) is 22.0. The minimum atomic E-state index is -0.788. The van der Waals surface area contributed by atoms with Gasteiger partial charge in [0.1, 0.15) is 6.04 Å². The molecule has 2 aliphatic rings. The van der Waals surface area contributed by atoms with Gasteiger partial charge in [-0.3, -0.25) is 14.4 Å². The third-order valence-corrected chi connectivity index (χ3v) is 7.81. The molecule has 2 fully saturated rings. The van der Waals surface area contributed by atoms with Crippen LogP contribution in [0.2, 0.25) is 0 Å². The molecule has 0 spiro atoms. The Morgan fingerprint density at radius 3 is 2.22 bits per heavy atom. The fraction of sp³-hybridized carbons (Fsp3) is 0.516. The Morgan fingerprint density at radius 2 is 1.57 bits per heavy atom. The first-order valence-corrected chi connectivity index (χ1v) is 13.9. The SMILES string of the molecule is CCCCOC(=O)CC1(C(=O)N[C@@H](Cc2ccc(-c3ccccc3)cc2)C(=O)N2CCCC2)CCCC1. The zero-order valence-corrected chi connectivity index (χ0v) is 22.0. The molecule has 1 atom stereocenters. The van der Waals surface area contributed by atoms with Gasteiger partial charge in [-0.15, -0.1) is 0 Å². The lowest BCUT2D eigenvalue weighted by atomic mass is 9.81. The molecule has 6 nitrogen and oxygen atoms in total. The molecule has 1 heterocycles. The molecule has 2 amide bonds. The van der Waals surface area contributed by atoms with Gasteiger partial charge < -0.3 is 15.0 Å². The minimum absolute atomic E-state index is 0.0309. The summed E-state index contributed by atoms with van der Waals surface area (Å²) in [4.78, 5) is 41.7. The Morgan fingerprint density at radius 1 is 0.919 bits per heavy atom. The molecule has 1 aliphatic carbocycles. The van der Waals surface area contributed by atoms with Crippen LogP contribution in [0.1, 0.15) is 70.3 Å². The van der Waals surface area contributed by atoms with Crippen LogP contribution in [0.5, 0.6) is 0 Å². The smallest absolute Gasteiger partial charge is 0.306 e. The molecule has 0 aromatic heterocycles. The van der Waals surface area contributed by atoms with E-state index in [1.165, 1.54) is 0 Å². The number of carbonyl (C=O) groups is 3. The highest BCUT2D eigenvalue weighted by molar-refractivity contribution is 5.92. The first-order chi connectivity index (χ1) is 18.0. The van der Waals surface area contributed by atoms with Crippen molar-refractivity contribution in [3.8, 4) is 11.1 Å². The number of benzene rings is 2. The second-order valence-electron chi connectivity index (χ2n) is 10.6. The van der Waals surface area contributed by atoms with Crippen LogP contribution in [0, 0.1) is 5.41 Å². The molecule has 1 N–H and O–H groups in total. The number of hydrogen-bond donors (Lipinski definition) is 1. The lowest BCUT2D eigenvalue weighted by Gasteiger charge is -2.31. The fourth-order valence-corrected chi connectivity index (χ4v) is 5.56. The number of likely N-dealkylation sites (tertiary alicyclic amines) is 1. The zero-order chi connectivity index (χ0) is 26.1. The van der Waals surface area contributed by atoms with Gasteiger partial charge in [-0.2, -0.15) is 0 Å². The number of ether oxygens (including phenoxy) is 1. The number of nitrogens with zero attached hydrogens (tertiary/aromatic N) is 1. The molecule has 0 bridgehead atoms. The Labute approximate surface area is 220 Å². The van der Waals surface area contributed by atoms with Crippen molar-refractivity contribution in [1.29, 1.82) is 0 Å². The molecule has 2 aromatic rings. The summed E-state index contributed by atoms with van der Waals surface area (Å²) in [5.41, 5.74) is 2.46. The second kappa shape index (κ2) is 12.9. The van der Waals surface area contributed by atoms with Gasteiger partial charge in [0.15, 0.2) is 0 Å². The first-order valence-electron chi connectivity index (χ1n) is 13.9. The number of amides is 2. The van der Waals surface area contributed by atoms with Crippen molar-refractivity contribution in [3.05, 3.63) is 60.2 Å². The largest absolute Gasteiger partial charge is 0.466 e. The van der Waals surface area contributed by atoms with E-state index in [4.69, 9.17) is 4.74 Å². The van der Waals surface area contributed by atoms with Gasteiger partial charge in [-0.1, -0.05) is 80.8 Å². The molecular formula is C31H40N2O4. The monoisotopic (exact) mass is 504 g/mol. The van der Waals surface area contributed by atoms with Crippen molar-refractivity contribution in [2.75, 3.05) is 19.7 Å². The molecule has 198 valence electrons. The summed E-state index contributed by atoms with van der Waals surface area (Å²) in [5.74, 6) is -0.531. The molecule has 4 rings (SSSR count). The van der Waals surface area contributed by atoms with Crippen molar-refractivity contribution >= 4 is 17.8 Å². The van der Waals surface area contributed by atoms with Gasteiger partial charge in [0.2, 0.25) is 11.8 Å². The molecule has 2 aromatic carbocycles. The maximum atomic E-state index is 13.7. The van der Waals surface area contributed by atoms with E-state index in [0.29, 0.717) is 25.9 Å². The number of esters is 1. The highest BCUT2D eigenvalue weighted by Crippen LogP contribution is 2.42. The molecule has 6 heteroatoms. The van der Waals surface area contributed by atoms with Crippen molar-refractivity contribution in [2.45, 2.75) is 77.2 Å². The van der Waals surface area contributed by atoms with Crippen LogP contribution in [0.25, 0.3) is 11.1 Å². The minimum Gasteiger partial charge on any atom is -0.466 e. The van der Waals surface area contributed by atoms with Crippen LogP contribution in [-0.4, -0.2) is 48.4 Å². The van der Waals surface area contributed by atoms with E-state index in [2.05, 4.69) is 29.6 Å². The molecule has 37 heavy (non-hydrogen) atoms. The Balaban J connectivity index is 1.49. The summed E-state index contributed by atoms with van der Waals surface area (Å²) in [6.07, 6.45) is 7.37. The van der Waals surface area contributed by atoms with Crippen LogP contribution in [0.4, 0.5) is 0 Å². The van der Waals surface area contributed by atoms with E-state index in [1.54, 1.807) is 0 Å². The van der Waals surface area contributed by atoms with Crippen LogP contribution in [0.3, 0.4) is 0 Å². The number of hydrogen-bond acceptors (Lipinski definition) is 4. The number of rotatable bonds is 11. The van der Waals surface area contributed by atoms with Crippen molar-refractivity contribution < 1.29 is 19.1 Å². The Hall–Kier alpha value is -3.15. The van der Waals surface area contributed by atoms with E-state index in [0.717, 1.165) is 68.3 Å². The standard InChI is InChI=1S/C31H40N2O4/c1-2-3-21-37-28(34)23-31(17-7-8-18-31)30(36)32-27(29(35)33-19-9-10-20-33)22-24-13-15-26(16-14-24)25-11-5-4-6-12-25/h4-6,11-16,27H,2-3,7-10,17-23H2,1H3,(H,32,36)/t27-/m0/s1. The van der Waals surface area contributed by atoms with Gasteiger partial charge in [0.05, 0.1) is 18.4 Å². The number of nitrogens with one attached hydrogen (secondary N) is 1. The second-order valence-corrected chi connectivity index (χ2v) is 10.6. The quantitative estimate of drug-likeness (QED) is 0.333. The summed E-state index contributed by atoms with van der Waals surface area (Å²) in [6.45, 7) is 3.90. The molecule has 0 unspecified atom stereocenters. The maximum absolute atomic E-state index is 13.7. The van der Waals surface area contributed by atoms with Gasteiger partial charge in [-0.25, -0.2) is 0 Å². The molecule has 1 saturated heterocycles. The van der Waals surface area contributed by atoms with Crippen LogP contribution < -0.4 is 5.32 Å². The van der Waals surface area contributed by atoms with E-state index in [9.17, 15) is 14.4 Å². The molecule has 1 aliphatic heterocycles. The van der Waals surface area contributed by atoms with E-state index in [-0.39, 0.29) is 24.2 Å². The van der Waals surface area contributed by atoms with Gasteiger partial charge >= 0.3 is 5.97 Å². The molecular weight excluding hydrogens is 464 g/mol. The van der Waals surface area contributed by atoms with Crippen molar-refractivity contribution in [2.24, 2.45) is 5.41 Å². The topological polar surface area (TPSA) is 75.7 Å². The van der Waals surface area contributed by atoms with E-state index < -0.39 is 11.5 Å². The maximum Gasteiger partial charge on any atom is 0.306 e. The lowest BCUT2D eigenvalue weighted by Crippen LogP contribution is -2.53. The van der Waals surface area contributed by atoms with Gasteiger partial charge in [0, 0.05) is 19.5 Å². The fourth-order valence-electron chi connectivity index (χ4n) is 5.56. The lowest BCUT2D eigenvalue weighted by molar-refractivity contribution is -0.151. The number of unbranched alkanes of at least 4 members (excludes halogenated alkanes) is 1. The summed E-state index contributed by atoms with van der Waals surface area (Å²) >= 11 is 0. The Kier molecular flexibility index (Phi) is 9.37. The molecule has 1 saturated carbocycles. The van der Waals surface area contributed by atoms with Crippen LogP contribution >= 0.6 is 0 Å². The van der Waals surface area contributed by atoms with Crippen LogP contribution in [-0.2, 0) is 25.5 Å². The molecule has 0 radical (unpaired) electrons. The number of carbonyl (C=O) groups excluding carboxylic acids is 3. The third kappa shape index (κ3) is 7.00. The predicted octanol–water partition coefficient (Wildman–Crippen LogP) is 5.30. The normalized spacial score (nSPS) is 17.4. The van der Waals surface area contributed by atoms with Crippen molar-refractivity contribution in [1.82, 2.24) is 10.2 Å². The summed E-state index contributed by atoms with van der Waals surface area (Å²) in [7, 11) is 0. The van der Waals surface area contributed by atoms with E-state index >= 15 is 0 Å². The Bertz CT molecular complexity index is 1040. The van der Waals surface area contributed by atoms with E-state index in [1.807, 2.05) is 42.2 Å². The van der Waals surface area contributed by atoms with Gasteiger partial charge in [-0.05, 0) is 48.8 Å². The summed E-state index contributed by atoms with van der Waals surface area (Å²) in [5, 5.41) is 3.11. The highest BCUT2D eigenvalue weighted by atomic mass is 16.5. The average molecular weight is 505 g/mol. The summed E-state index contributed by atoms with van der Waals surface area (Å²) in [6, 6.07) is 17.7. The summed E-state index contributed by atoms with van der Waals surface area (Å²) < 4.78 is 5.40. The highest BCUT2D eigenvalue weighted by Gasteiger charge is 2.44. The van der Waals surface area contributed by atoms with Gasteiger partial charge in [0.25, 0.3) is 0 Å². The van der Waals surface area contributed by atoms with Crippen molar-refractivity contribution in [3.63, 3.8) is 0 Å². The average Bonchev–Trinajstić information content (AvgIpc) is 3.62. The predicted molar refractivity (Wildman–Crippen MR) is 145 cm³/mol. The third-order valence-electron chi connectivity index (χ3n) is 7.81. The first kappa shape index (κ1) is 26.9. The van der Waals surface area contributed by atoms with Crippen LogP contribution in [0.15, 0.2) is 54.6 Å².